The molecule has 1 aromatic rings. The van der Waals surface area contributed by atoms with Crippen LogP contribution in [0.15, 0.2) is 0 Å². The lowest BCUT2D eigenvalue weighted by molar-refractivity contribution is 0.0868. The van der Waals surface area contributed by atoms with E-state index in [1.807, 2.05) is 13.8 Å². The van der Waals surface area contributed by atoms with Crippen molar-refractivity contribution in [3.8, 4) is 0 Å². The quantitative estimate of drug-likeness (QED) is 0.860. The minimum absolute atomic E-state index is 0.00604. The van der Waals surface area contributed by atoms with Crippen LogP contribution >= 0.6 is 11.3 Å². The monoisotopic (exact) mass is 256 g/mol. The molecule has 0 aliphatic carbocycles. The lowest BCUT2D eigenvalue weighted by Gasteiger charge is -2.19. The summed E-state index contributed by atoms with van der Waals surface area (Å²) in [6.45, 7) is 4.57. The Morgan fingerprint density at radius 3 is 3.00 bits per heavy atom. The normalized spacial score (nSPS) is 21.2. The summed E-state index contributed by atoms with van der Waals surface area (Å²) in [6.07, 6.45) is 2.18. The van der Waals surface area contributed by atoms with Gasteiger partial charge in [0.25, 0.3) is 0 Å². The zero-order valence-electron chi connectivity index (χ0n) is 9.90. The second kappa shape index (κ2) is 5.42. The highest BCUT2D eigenvalue weighted by Crippen LogP contribution is 2.16. The third-order valence-corrected chi connectivity index (χ3v) is 3.38. The van der Waals surface area contributed by atoms with E-state index in [0.29, 0.717) is 5.13 Å². The molecule has 1 saturated heterocycles. The van der Waals surface area contributed by atoms with Crippen molar-refractivity contribution in [2.45, 2.75) is 38.8 Å². The van der Waals surface area contributed by atoms with Gasteiger partial charge < -0.3 is 10.1 Å². The van der Waals surface area contributed by atoms with Crippen molar-refractivity contribution < 1.29 is 9.53 Å². The van der Waals surface area contributed by atoms with Crippen LogP contribution in [-0.2, 0) is 4.74 Å². The Morgan fingerprint density at radius 1 is 1.59 bits per heavy atom. The molecule has 0 unspecified atom stereocenters. The molecule has 7 heteroatoms. The van der Waals surface area contributed by atoms with Crippen LogP contribution in [0.5, 0.6) is 0 Å². The first-order chi connectivity index (χ1) is 8.15. The number of nitrogens with one attached hydrogen (secondary N) is 2. The van der Waals surface area contributed by atoms with E-state index in [-0.39, 0.29) is 18.2 Å². The summed E-state index contributed by atoms with van der Waals surface area (Å²) in [5.41, 5.74) is 0. The number of urea groups is 1. The smallest absolute Gasteiger partial charge is 0.321 e. The third-order valence-electron chi connectivity index (χ3n) is 2.63. The van der Waals surface area contributed by atoms with Crippen molar-refractivity contribution in [3.63, 3.8) is 0 Å². The second-order valence-electron chi connectivity index (χ2n) is 4.06. The minimum atomic E-state index is -0.260. The lowest BCUT2D eigenvalue weighted by atomic mass is 10.1. The van der Waals surface area contributed by atoms with Crippen LogP contribution in [0.3, 0.4) is 0 Å². The maximum atomic E-state index is 11.6. The summed E-state index contributed by atoms with van der Waals surface area (Å²) in [7, 11) is 0. The van der Waals surface area contributed by atoms with Gasteiger partial charge in [0.05, 0.1) is 12.1 Å². The van der Waals surface area contributed by atoms with E-state index in [0.717, 1.165) is 24.5 Å². The van der Waals surface area contributed by atoms with Gasteiger partial charge in [-0.1, -0.05) is 11.3 Å². The van der Waals surface area contributed by atoms with Gasteiger partial charge in [0, 0.05) is 6.61 Å². The number of ether oxygens (including phenoxy) is 1. The highest BCUT2D eigenvalue weighted by molar-refractivity contribution is 7.15. The fraction of sp³-hybridized carbons (Fsp3) is 0.700. The largest absolute Gasteiger partial charge is 0.376 e. The Labute approximate surface area is 104 Å². The number of aromatic nitrogens is 2. The molecule has 2 amide bonds. The summed E-state index contributed by atoms with van der Waals surface area (Å²) < 4.78 is 5.50. The number of anilines is 1. The van der Waals surface area contributed by atoms with E-state index in [9.17, 15) is 4.79 Å². The SMILES string of the molecule is Cc1nnc(NC(=O)N[C@H](C)[C@H]2CCCO2)s1. The number of hydrogen-bond acceptors (Lipinski definition) is 5. The Kier molecular flexibility index (Phi) is 3.90. The Morgan fingerprint density at radius 2 is 2.41 bits per heavy atom. The number of amides is 2. The standard InChI is InChI=1S/C10H16N4O2S/c1-6(8-4-3-5-16-8)11-9(15)12-10-14-13-7(2)17-10/h6,8H,3-5H2,1-2H3,(H2,11,12,14,15)/t6-,8-/m1/s1. The molecule has 17 heavy (non-hydrogen) atoms. The molecule has 1 aliphatic rings. The zero-order valence-corrected chi connectivity index (χ0v) is 10.7. The van der Waals surface area contributed by atoms with Crippen LogP contribution in [0.1, 0.15) is 24.8 Å². The van der Waals surface area contributed by atoms with Gasteiger partial charge in [0.1, 0.15) is 5.01 Å². The average molecular weight is 256 g/mol. The summed E-state index contributed by atoms with van der Waals surface area (Å²) in [5, 5.41) is 14.5. The summed E-state index contributed by atoms with van der Waals surface area (Å²) >= 11 is 1.35. The molecule has 2 N–H and O–H groups in total. The maximum absolute atomic E-state index is 11.6. The van der Waals surface area contributed by atoms with E-state index in [2.05, 4.69) is 20.8 Å². The number of aryl methyl sites for hydroxylation is 1. The molecule has 2 rings (SSSR count). The van der Waals surface area contributed by atoms with Gasteiger partial charge in [0.2, 0.25) is 5.13 Å². The molecule has 0 saturated carbocycles. The maximum Gasteiger partial charge on any atom is 0.321 e. The Bertz CT molecular complexity index is 389. The van der Waals surface area contributed by atoms with Crippen molar-refractivity contribution in [1.29, 1.82) is 0 Å². The Balaban J connectivity index is 1.80. The van der Waals surface area contributed by atoms with E-state index < -0.39 is 0 Å². The molecule has 0 bridgehead atoms. The molecule has 0 aromatic carbocycles. The number of carbonyl (C=O) groups is 1. The third kappa shape index (κ3) is 3.37. The molecule has 94 valence electrons. The minimum Gasteiger partial charge on any atom is -0.376 e. The molecule has 1 fully saturated rings. The van der Waals surface area contributed by atoms with Gasteiger partial charge in [-0.2, -0.15) is 0 Å². The molecular formula is C10H16N4O2S. The van der Waals surface area contributed by atoms with Crippen LogP contribution in [0.4, 0.5) is 9.93 Å². The van der Waals surface area contributed by atoms with Crippen LogP contribution < -0.4 is 10.6 Å². The number of nitrogens with zero attached hydrogens (tertiary/aromatic N) is 2. The molecule has 1 aromatic heterocycles. The predicted molar refractivity (Wildman–Crippen MR) is 65.2 cm³/mol. The van der Waals surface area contributed by atoms with Gasteiger partial charge in [-0.25, -0.2) is 4.79 Å². The van der Waals surface area contributed by atoms with Gasteiger partial charge in [0.15, 0.2) is 0 Å². The molecule has 1 aliphatic heterocycles. The van der Waals surface area contributed by atoms with Crippen LogP contribution in [0, 0.1) is 6.92 Å². The molecule has 6 nitrogen and oxygen atoms in total. The first-order valence-electron chi connectivity index (χ1n) is 5.64. The lowest BCUT2D eigenvalue weighted by Crippen LogP contribution is -2.42. The molecular weight excluding hydrogens is 240 g/mol. The predicted octanol–water partition coefficient (Wildman–Crippen LogP) is 1.54. The van der Waals surface area contributed by atoms with Crippen molar-refractivity contribution >= 4 is 22.5 Å². The molecule has 2 atom stereocenters. The van der Waals surface area contributed by atoms with E-state index in [1.165, 1.54) is 11.3 Å². The van der Waals surface area contributed by atoms with Crippen molar-refractivity contribution in [2.24, 2.45) is 0 Å². The van der Waals surface area contributed by atoms with Crippen LogP contribution in [-0.4, -0.2) is 35.0 Å². The van der Waals surface area contributed by atoms with Gasteiger partial charge in [-0.3, -0.25) is 5.32 Å². The van der Waals surface area contributed by atoms with Gasteiger partial charge in [-0.05, 0) is 26.7 Å². The van der Waals surface area contributed by atoms with E-state index in [4.69, 9.17) is 4.74 Å². The Hall–Kier alpha value is -1.21. The topological polar surface area (TPSA) is 76.1 Å². The highest BCUT2D eigenvalue weighted by Gasteiger charge is 2.23. The summed E-state index contributed by atoms with van der Waals surface area (Å²) in [4.78, 5) is 11.6. The number of carbonyl (C=O) groups excluding carboxylic acids is 1. The number of rotatable bonds is 3. The highest BCUT2D eigenvalue weighted by atomic mass is 32.1. The zero-order chi connectivity index (χ0) is 12.3. The van der Waals surface area contributed by atoms with Crippen molar-refractivity contribution in [2.75, 3.05) is 11.9 Å². The summed E-state index contributed by atoms with van der Waals surface area (Å²) in [5.74, 6) is 0. The van der Waals surface area contributed by atoms with Crippen molar-refractivity contribution in [1.82, 2.24) is 15.5 Å². The fourth-order valence-electron chi connectivity index (χ4n) is 1.78. The summed E-state index contributed by atoms with van der Waals surface area (Å²) in [6, 6.07) is -0.254. The average Bonchev–Trinajstić information content (AvgIpc) is 2.89. The van der Waals surface area contributed by atoms with Gasteiger partial charge >= 0.3 is 6.03 Å². The van der Waals surface area contributed by atoms with Crippen molar-refractivity contribution in [3.05, 3.63) is 5.01 Å². The van der Waals surface area contributed by atoms with Gasteiger partial charge in [-0.15, -0.1) is 10.2 Å². The molecule has 2 heterocycles. The number of hydrogen-bond donors (Lipinski definition) is 2. The first kappa shape index (κ1) is 12.3. The molecule has 0 radical (unpaired) electrons. The second-order valence-corrected chi connectivity index (χ2v) is 5.25. The van der Waals surface area contributed by atoms with E-state index in [1.54, 1.807) is 0 Å². The van der Waals surface area contributed by atoms with Crippen LogP contribution in [0.2, 0.25) is 0 Å². The van der Waals surface area contributed by atoms with E-state index >= 15 is 0 Å². The first-order valence-corrected chi connectivity index (χ1v) is 6.46. The molecule has 0 spiro atoms. The van der Waals surface area contributed by atoms with Crippen LogP contribution in [0.25, 0.3) is 0 Å². The fourth-order valence-corrected chi connectivity index (χ4v) is 2.36.